The van der Waals surface area contributed by atoms with Crippen molar-refractivity contribution in [2.24, 2.45) is 5.92 Å². The topological polar surface area (TPSA) is 87.3 Å². The van der Waals surface area contributed by atoms with Crippen molar-refractivity contribution in [1.82, 2.24) is 16.0 Å². The number of amides is 3. The predicted molar refractivity (Wildman–Crippen MR) is 82.6 cm³/mol. The standard InChI is InChI=1S/C15H29N3O3/c1-6-7-8-9-16-14(20)11(4)17-15(21)13(10(2)3)18-12(5)19/h10-11,13H,6-9H2,1-5H3,(H,16,20)(H,17,21)(H,18,19)/t11-,13+/m1/s1. The highest BCUT2D eigenvalue weighted by atomic mass is 16.2. The van der Waals surface area contributed by atoms with Crippen molar-refractivity contribution < 1.29 is 14.4 Å². The van der Waals surface area contributed by atoms with Crippen LogP contribution in [0.5, 0.6) is 0 Å². The third kappa shape index (κ3) is 8.32. The highest BCUT2D eigenvalue weighted by Crippen LogP contribution is 2.02. The molecule has 0 heterocycles. The minimum Gasteiger partial charge on any atom is -0.354 e. The van der Waals surface area contributed by atoms with Gasteiger partial charge in [0, 0.05) is 13.5 Å². The fourth-order valence-corrected chi connectivity index (χ4v) is 1.86. The highest BCUT2D eigenvalue weighted by Gasteiger charge is 2.25. The third-order valence-electron chi connectivity index (χ3n) is 3.14. The van der Waals surface area contributed by atoms with Gasteiger partial charge in [-0.1, -0.05) is 33.6 Å². The minimum atomic E-state index is -0.627. The molecule has 0 aliphatic heterocycles. The van der Waals surface area contributed by atoms with Crippen molar-refractivity contribution in [2.75, 3.05) is 6.54 Å². The molecule has 2 atom stereocenters. The molecular formula is C15H29N3O3. The largest absolute Gasteiger partial charge is 0.354 e. The Morgan fingerprint density at radius 2 is 1.57 bits per heavy atom. The fraction of sp³-hybridized carbons (Fsp3) is 0.800. The van der Waals surface area contributed by atoms with Gasteiger partial charge < -0.3 is 16.0 Å². The van der Waals surface area contributed by atoms with Gasteiger partial charge in [0.15, 0.2) is 0 Å². The number of hydrogen-bond acceptors (Lipinski definition) is 3. The maximum Gasteiger partial charge on any atom is 0.243 e. The maximum atomic E-state index is 12.1. The number of nitrogens with one attached hydrogen (secondary N) is 3. The molecule has 0 bridgehead atoms. The summed E-state index contributed by atoms with van der Waals surface area (Å²) < 4.78 is 0. The quantitative estimate of drug-likeness (QED) is 0.554. The average Bonchev–Trinajstić information content (AvgIpc) is 2.39. The van der Waals surface area contributed by atoms with Crippen molar-refractivity contribution in [2.45, 2.75) is 66.0 Å². The van der Waals surface area contributed by atoms with Gasteiger partial charge in [0.05, 0.1) is 0 Å². The number of rotatable bonds is 9. The lowest BCUT2D eigenvalue weighted by molar-refractivity contribution is -0.132. The number of carbonyl (C=O) groups is 3. The molecule has 0 aromatic heterocycles. The normalized spacial score (nSPS) is 13.4. The molecule has 122 valence electrons. The Morgan fingerprint density at radius 3 is 2.05 bits per heavy atom. The molecule has 0 spiro atoms. The van der Waals surface area contributed by atoms with Crippen LogP contribution in [-0.4, -0.2) is 36.3 Å². The molecule has 0 radical (unpaired) electrons. The summed E-state index contributed by atoms with van der Waals surface area (Å²) in [5.41, 5.74) is 0. The molecular weight excluding hydrogens is 270 g/mol. The Bertz CT molecular complexity index is 356. The van der Waals surface area contributed by atoms with Crippen molar-refractivity contribution >= 4 is 17.7 Å². The summed E-state index contributed by atoms with van der Waals surface area (Å²) in [5, 5.41) is 8.03. The van der Waals surface area contributed by atoms with E-state index in [2.05, 4.69) is 22.9 Å². The second-order valence-corrected chi connectivity index (χ2v) is 5.65. The molecule has 0 aliphatic carbocycles. The molecule has 6 heteroatoms. The average molecular weight is 299 g/mol. The van der Waals surface area contributed by atoms with E-state index in [1.54, 1.807) is 6.92 Å². The molecule has 0 unspecified atom stereocenters. The summed E-state index contributed by atoms with van der Waals surface area (Å²) in [4.78, 5) is 35.1. The van der Waals surface area contributed by atoms with Crippen molar-refractivity contribution in [3.05, 3.63) is 0 Å². The van der Waals surface area contributed by atoms with Gasteiger partial charge in [0.25, 0.3) is 0 Å². The molecule has 0 saturated carbocycles. The molecule has 6 nitrogen and oxygen atoms in total. The first-order valence-electron chi connectivity index (χ1n) is 7.64. The van der Waals surface area contributed by atoms with Crippen LogP contribution >= 0.6 is 0 Å². The van der Waals surface area contributed by atoms with Crippen LogP contribution in [0.2, 0.25) is 0 Å². The van der Waals surface area contributed by atoms with Gasteiger partial charge in [-0.15, -0.1) is 0 Å². The van der Waals surface area contributed by atoms with Gasteiger partial charge in [0.1, 0.15) is 12.1 Å². The molecule has 21 heavy (non-hydrogen) atoms. The van der Waals surface area contributed by atoms with Crippen LogP contribution in [-0.2, 0) is 14.4 Å². The van der Waals surface area contributed by atoms with Crippen LogP contribution in [0.3, 0.4) is 0 Å². The zero-order valence-corrected chi connectivity index (χ0v) is 13.8. The van der Waals surface area contributed by atoms with Gasteiger partial charge in [-0.25, -0.2) is 0 Å². The van der Waals surface area contributed by atoms with E-state index in [0.717, 1.165) is 19.3 Å². The second-order valence-electron chi connectivity index (χ2n) is 5.65. The van der Waals surface area contributed by atoms with Crippen molar-refractivity contribution in [1.29, 1.82) is 0 Å². The summed E-state index contributed by atoms with van der Waals surface area (Å²) in [5.74, 6) is -0.851. The van der Waals surface area contributed by atoms with E-state index in [0.29, 0.717) is 6.54 Å². The van der Waals surface area contributed by atoms with Crippen molar-refractivity contribution in [3.8, 4) is 0 Å². The van der Waals surface area contributed by atoms with Crippen LogP contribution in [0.15, 0.2) is 0 Å². The van der Waals surface area contributed by atoms with E-state index < -0.39 is 12.1 Å². The number of hydrogen-bond donors (Lipinski definition) is 3. The van der Waals surface area contributed by atoms with E-state index in [-0.39, 0.29) is 23.6 Å². The van der Waals surface area contributed by atoms with E-state index in [1.807, 2.05) is 13.8 Å². The van der Waals surface area contributed by atoms with Crippen LogP contribution in [0, 0.1) is 5.92 Å². The monoisotopic (exact) mass is 299 g/mol. The van der Waals surface area contributed by atoms with Crippen LogP contribution in [0.4, 0.5) is 0 Å². The predicted octanol–water partition coefficient (Wildman–Crippen LogP) is 0.958. The molecule has 0 saturated heterocycles. The summed E-state index contributed by atoms with van der Waals surface area (Å²) in [6.45, 7) is 9.40. The molecule has 3 N–H and O–H groups in total. The van der Waals surface area contributed by atoms with Crippen molar-refractivity contribution in [3.63, 3.8) is 0 Å². The first kappa shape index (κ1) is 19.4. The van der Waals surface area contributed by atoms with Gasteiger partial charge in [-0.05, 0) is 19.3 Å². The minimum absolute atomic E-state index is 0.0475. The van der Waals surface area contributed by atoms with Gasteiger partial charge >= 0.3 is 0 Å². The smallest absolute Gasteiger partial charge is 0.243 e. The lowest BCUT2D eigenvalue weighted by atomic mass is 10.0. The SMILES string of the molecule is CCCCCNC(=O)[C@@H](C)NC(=O)[C@@H](NC(C)=O)C(C)C. The Morgan fingerprint density at radius 1 is 0.952 bits per heavy atom. The highest BCUT2D eigenvalue weighted by molar-refractivity contribution is 5.91. The van der Waals surface area contributed by atoms with Gasteiger partial charge in [0.2, 0.25) is 17.7 Å². The van der Waals surface area contributed by atoms with Gasteiger partial charge in [-0.3, -0.25) is 14.4 Å². The zero-order chi connectivity index (χ0) is 16.4. The van der Waals surface area contributed by atoms with E-state index >= 15 is 0 Å². The Hall–Kier alpha value is -1.59. The van der Waals surface area contributed by atoms with E-state index in [4.69, 9.17) is 0 Å². The summed E-state index contributed by atoms with van der Waals surface area (Å²) in [7, 11) is 0. The summed E-state index contributed by atoms with van der Waals surface area (Å²) >= 11 is 0. The first-order chi connectivity index (χ1) is 9.79. The molecule has 3 amide bonds. The zero-order valence-electron chi connectivity index (χ0n) is 13.8. The molecule has 0 fully saturated rings. The lowest BCUT2D eigenvalue weighted by Crippen LogP contribution is -2.54. The van der Waals surface area contributed by atoms with E-state index in [1.165, 1.54) is 6.92 Å². The second kappa shape index (κ2) is 10.2. The summed E-state index contributed by atoms with van der Waals surface area (Å²) in [6, 6.07) is -1.24. The van der Waals surface area contributed by atoms with Crippen LogP contribution < -0.4 is 16.0 Å². The molecule has 0 aromatic carbocycles. The third-order valence-corrected chi connectivity index (χ3v) is 3.14. The molecule has 0 aliphatic rings. The van der Waals surface area contributed by atoms with Crippen LogP contribution in [0.1, 0.15) is 53.9 Å². The summed E-state index contributed by atoms with van der Waals surface area (Å²) in [6.07, 6.45) is 3.09. The first-order valence-corrected chi connectivity index (χ1v) is 7.64. The maximum absolute atomic E-state index is 12.1. The number of unbranched alkanes of at least 4 members (excludes halogenated alkanes) is 2. The Balaban J connectivity index is 4.32. The Labute approximate surface area is 127 Å². The number of carbonyl (C=O) groups excluding carboxylic acids is 3. The van der Waals surface area contributed by atoms with Gasteiger partial charge in [-0.2, -0.15) is 0 Å². The molecule has 0 aromatic rings. The van der Waals surface area contributed by atoms with E-state index in [9.17, 15) is 14.4 Å². The molecule has 0 rings (SSSR count). The fourth-order valence-electron chi connectivity index (χ4n) is 1.86. The lowest BCUT2D eigenvalue weighted by Gasteiger charge is -2.23. The van der Waals surface area contributed by atoms with Crippen LogP contribution in [0.25, 0.3) is 0 Å². The Kier molecular flexibility index (Phi) is 9.41.